The highest BCUT2D eigenvalue weighted by atomic mass is 32.2. The Morgan fingerprint density at radius 1 is 1.23 bits per heavy atom. The van der Waals surface area contributed by atoms with Gasteiger partial charge in [-0.25, -0.2) is 12.7 Å². The van der Waals surface area contributed by atoms with Gasteiger partial charge in [-0.2, -0.15) is 0 Å². The quantitative estimate of drug-likeness (QED) is 0.691. The first-order valence-corrected chi connectivity index (χ1v) is 9.46. The molecule has 8 heteroatoms. The molecule has 0 fully saturated rings. The van der Waals surface area contributed by atoms with Crippen molar-refractivity contribution in [2.24, 2.45) is 0 Å². The van der Waals surface area contributed by atoms with E-state index in [1.54, 1.807) is 32.0 Å². The van der Waals surface area contributed by atoms with E-state index in [9.17, 15) is 13.2 Å². The third-order valence-electron chi connectivity index (χ3n) is 4.11. The number of sulfonamides is 1. The van der Waals surface area contributed by atoms with Crippen molar-refractivity contribution in [2.75, 3.05) is 14.1 Å². The highest BCUT2D eigenvalue weighted by Crippen LogP contribution is 2.22. The van der Waals surface area contributed by atoms with E-state index in [4.69, 9.17) is 4.52 Å². The highest BCUT2D eigenvalue weighted by molar-refractivity contribution is 7.89. The predicted molar refractivity (Wildman–Crippen MR) is 97.7 cm³/mol. The highest BCUT2D eigenvalue weighted by Gasteiger charge is 2.24. The zero-order valence-electron chi connectivity index (χ0n) is 15.4. The second-order valence-corrected chi connectivity index (χ2v) is 8.22. The van der Waals surface area contributed by atoms with Crippen LogP contribution in [0.4, 0.5) is 0 Å². The molecule has 0 atom stereocenters. The number of hydrogen-bond donors (Lipinski definition) is 0. The number of benzene rings is 1. The van der Waals surface area contributed by atoms with Crippen LogP contribution in [0.15, 0.2) is 46.3 Å². The van der Waals surface area contributed by atoms with Crippen LogP contribution in [0.1, 0.15) is 22.6 Å². The smallest absolute Gasteiger partial charge is 0.246 e. The van der Waals surface area contributed by atoms with E-state index in [1.807, 2.05) is 0 Å². The molecule has 0 radical (unpaired) electrons. The van der Waals surface area contributed by atoms with Gasteiger partial charge in [-0.3, -0.25) is 4.79 Å². The maximum absolute atomic E-state index is 12.6. The van der Waals surface area contributed by atoms with Crippen LogP contribution in [0.3, 0.4) is 0 Å². The summed E-state index contributed by atoms with van der Waals surface area (Å²) in [5.74, 6) is 0.320. The maximum Gasteiger partial charge on any atom is 0.246 e. The molecule has 0 saturated heterocycles. The molecule has 0 aliphatic rings. The Kier molecular flexibility index (Phi) is 5.99. The number of hydrogen-bond acceptors (Lipinski definition) is 5. The van der Waals surface area contributed by atoms with Crippen molar-refractivity contribution < 1.29 is 17.7 Å². The maximum atomic E-state index is 12.6. The van der Waals surface area contributed by atoms with Gasteiger partial charge in [0.2, 0.25) is 15.9 Å². The molecule has 2 rings (SSSR count). The molecular weight excluding hydrogens is 354 g/mol. The van der Waals surface area contributed by atoms with Gasteiger partial charge >= 0.3 is 0 Å². The SMILES string of the molecule is C=CC(=O)N(Cc1ccccc1S(=O)(=O)N(C)C)Cc1c(C)noc1C. The average molecular weight is 377 g/mol. The molecule has 0 saturated carbocycles. The van der Waals surface area contributed by atoms with Crippen LogP contribution in [0, 0.1) is 13.8 Å². The molecule has 0 spiro atoms. The lowest BCUT2D eigenvalue weighted by Gasteiger charge is -2.23. The molecule has 0 aliphatic carbocycles. The molecule has 7 nitrogen and oxygen atoms in total. The van der Waals surface area contributed by atoms with Crippen LogP contribution in [0.25, 0.3) is 0 Å². The molecule has 0 unspecified atom stereocenters. The number of aromatic nitrogens is 1. The van der Waals surface area contributed by atoms with Gasteiger partial charge in [0.15, 0.2) is 0 Å². The number of rotatable bonds is 7. The number of nitrogens with zero attached hydrogens (tertiary/aromatic N) is 3. The Morgan fingerprint density at radius 2 is 1.88 bits per heavy atom. The van der Waals surface area contributed by atoms with Gasteiger partial charge in [0.25, 0.3) is 0 Å². The van der Waals surface area contributed by atoms with E-state index >= 15 is 0 Å². The number of carbonyl (C=O) groups excluding carboxylic acids is 1. The number of aryl methyl sites for hydroxylation is 2. The van der Waals surface area contributed by atoms with Crippen molar-refractivity contribution >= 4 is 15.9 Å². The van der Waals surface area contributed by atoms with E-state index in [2.05, 4.69) is 11.7 Å². The van der Waals surface area contributed by atoms with Crippen LogP contribution >= 0.6 is 0 Å². The normalized spacial score (nSPS) is 11.6. The fourth-order valence-electron chi connectivity index (χ4n) is 2.55. The summed E-state index contributed by atoms with van der Waals surface area (Å²) in [4.78, 5) is 14.0. The van der Waals surface area contributed by atoms with Gasteiger partial charge in [-0.15, -0.1) is 0 Å². The zero-order chi connectivity index (χ0) is 19.5. The lowest BCUT2D eigenvalue weighted by Crippen LogP contribution is -2.30. The Hall–Kier alpha value is -2.45. The standard InChI is InChI=1S/C18H23N3O4S/c1-6-18(22)21(12-16-13(2)19-25-14(16)3)11-15-9-7-8-10-17(15)26(23,24)20(4)5/h6-10H,1,11-12H2,2-5H3. The van der Waals surface area contributed by atoms with Crippen molar-refractivity contribution in [3.05, 3.63) is 59.5 Å². The van der Waals surface area contributed by atoms with Crippen LogP contribution in [-0.4, -0.2) is 42.8 Å². The number of carbonyl (C=O) groups is 1. The molecule has 1 heterocycles. The summed E-state index contributed by atoms with van der Waals surface area (Å²) in [6, 6.07) is 6.65. The summed E-state index contributed by atoms with van der Waals surface area (Å²) in [5, 5.41) is 3.90. The molecule has 1 aromatic heterocycles. The van der Waals surface area contributed by atoms with Gasteiger partial charge in [0.05, 0.1) is 17.1 Å². The summed E-state index contributed by atoms with van der Waals surface area (Å²) >= 11 is 0. The topological polar surface area (TPSA) is 83.7 Å². The summed E-state index contributed by atoms with van der Waals surface area (Å²) < 4.78 is 31.5. The number of amides is 1. The fourth-order valence-corrected chi connectivity index (χ4v) is 3.66. The minimum atomic E-state index is -3.63. The first-order chi connectivity index (χ1) is 12.2. The van der Waals surface area contributed by atoms with Crippen molar-refractivity contribution in [2.45, 2.75) is 31.8 Å². The summed E-state index contributed by atoms with van der Waals surface area (Å²) in [6.07, 6.45) is 1.21. The molecule has 1 amide bonds. The second-order valence-electron chi connectivity index (χ2n) is 6.10. The lowest BCUT2D eigenvalue weighted by molar-refractivity contribution is -0.127. The molecule has 2 aromatic rings. The molecule has 140 valence electrons. The van der Waals surface area contributed by atoms with E-state index in [0.717, 1.165) is 9.87 Å². The average Bonchev–Trinajstić information content (AvgIpc) is 2.92. The largest absolute Gasteiger partial charge is 0.361 e. The zero-order valence-corrected chi connectivity index (χ0v) is 16.2. The molecule has 1 aromatic carbocycles. The van der Waals surface area contributed by atoms with Crippen LogP contribution < -0.4 is 0 Å². The van der Waals surface area contributed by atoms with E-state index < -0.39 is 10.0 Å². The van der Waals surface area contributed by atoms with Crippen molar-refractivity contribution in [1.82, 2.24) is 14.4 Å². The van der Waals surface area contributed by atoms with Crippen LogP contribution in [0.2, 0.25) is 0 Å². The molecule has 26 heavy (non-hydrogen) atoms. The van der Waals surface area contributed by atoms with Crippen molar-refractivity contribution in [1.29, 1.82) is 0 Å². The Bertz CT molecular complexity index is 897. The monoisotopic (exact) mass is 377 g/mol. The van der Waals surface area contributed by atoms with E-state index in [-0.39, 0.29) is 23.9 Å². The molecule has 0 bridgehead atoms. The predicted octanol–water partition coefficient (Wildman–Crippen LogP) is 2.26. The first kappa shape index (κ1) is 19.9. The van der Waals surface area contributed by atoms with Gasteiger partial charge in [-0.1, -0.05) is 29.9 Å². The first-order valence-electron chi connectivity index (χ1n) is 8.02. The third-order valence-corrected chi connectivity index (χ3v) is 6.02. The van der Waals surface area contributed by atoms with Gasteiger partial charge in [-0.05, 0) is 31.6 Å². The Balaban J connectivity index is 2.42. The minimum Gasteiger partial charge on any atom is -0.361 e. The molecule has 0 N–H and O–H groups in total. The van der Waals surface area contributed by atoms with Crippen LogP contribution in [0.5, 0.6) is 0 Å². The Morgan fingerprint density at radius 3 is 2.42 bits per heavy atom. The third kappa shape index (κ3) is 4.03. The van der Waals surface area contributed by atoms with Gasteiger partial charge in [0, 0.05) is 26.2 Å². The summed E-state index contributed by atoms with van der Waals surface area (Å²) in [7, 11) is -0.676. The van der Waals surface area contributed by atoms with Crippen LogP contribution in [-0.2, 0) is 27.9 Å². The van der Waals surface area contributed by atoms with Crippen molar-refractivity contribution in [3.63, 3.8) is 0 Å². The molecule has 0 aliphatic heterocycles. The second kappa shape index (κ2) is 7.84. The molecular formula is C18H23N3O4S. The van der Waals surface area contributed by atoms with E-state index in [1.165, 1.54) is 31.1 Å². The fraction of sp³-hybridized carbons (Fsp3) is 0.333. The summed E-state index contributed by atoms with van der Waals surface area (Å²) in [6.45, 7) is 7.49. The van der Waals surface area contributed by atoms with E-state index in [0.29, 0.717) is 17.0 Å². The van der Waals surface area contributed by atoms with Gasteiger partial charge in [0.1, 0.15) is 5.76 Å². The lowest BCUT2D eigenvalue weighted by atomic mass is 10.1. The van der Waals surface area contributed by atoms with Crippen molar-refractivity contribution in [3.8, 4) is 0 Å². The van der Waals surface area contributed by atoms with Gasteiger partial charge < -0.3 is 9.42 Å². The minimum absolute atomic E-state index is 0.123. The summed E-state index contributed by atoms with van der Waals surface area (Å²) in [5.41, 5.74) is 2.02. The Labute approximate surface area is 153 Å².